The first-order chi connectivity index (χ1) is 9.00. The molecule has 0 unspecified atom stereocenters. The molecule has 0 saturated carbocycles. The van der Waals surface area contributed by atoms with Crippen molar-refractivity contribution in [1.82, 2.24) is 0 Å². The Morgan fingerprint density at radius 1 is 1.50 bits per heavy atom. The molecule has 1 fully saturated rings. The number of carbonyl (C=O) groups is 1. The number of carboxylic acid groups (broad SMARTS) is 1. The molecule has 0 aromatic heterocycles. The third-order valence-corrected chi connectivity index (χ3v) is 3.20. The fraction of sp³-hybridized carbons (Fsp3) is 0.875. The van der Waals surface area contributed by atoms with Crippen molar-refractivity contribution < 1.29 is 53.9 Å². The van der Waals surface area contributed by atoms with Crippen molar-refractivity contribution >= 4 is 13.8 Å². The monoisotopic (exact) mass is 318 g/mol. The van der Waals surface area contributed by atoms with Crippen molar-refractivity contribution in [2.24, 2.45) is 0 Å². The normalized spacial score (nSPS) is 36.6. The van der Waals surface area contributed by atoms with E-state index in [0.29, 0.717) is 0 Å². The Morgan fingerprint density at radius 3 is 2.45 bits per heavy atom. The lowest BCUT2D eigenvalue weighted by Gasteiger charge is -2.43. The highest BCUT2D eigenvalue weighted by molar-refractivity contribution is 7.46. The second kappa shape index (κ2) is 6.02. The van der Waals surface area contributed by atoms with Gasteiger partial charge in [-0.2, -0.15) is 0 Å². The fourth-order valence-electron chi connectivity index (χ4n) is 1.79. The van der Waals surface area contributed by atoms with Crippen LogP contribution in [0.3, 0.4) is 0 Å². The summed E-state index contributed by atoms with van der Waals surface area (Å²) in [6, 6.07) is 0. The van der Waals surface area contributed by atoms with E-state index in [1.165, 1.54) is 0 Å². The molecule has 0 spiro atoms. The molecule has 0 radical (unpaired) electrons. The van der Waals surface area contributed by atoms with Gasteiger partial charge in [-0.25, -0.2) is 9.36 Å². The van der Waals surface area contributed by atoms with Gasteiger partial charge in [0.05, 0.1) is 12.7 Å². The number of aliphatic hydroxyl groups excluding tert-OH is 3. The van der Waals surface area contributed by atoms with E-state index in [4.69, 9.17) is 20.0 Å². The Morgan fingerprint density at radius 2 is 2.05 bits per heavy atom. The summed E-state index contributed by atoms with van der Waals surface area (Å²) in [6.07, 6.45) is -8.34. The minimum Gasteiger partial charge on any atom is -0.477 e. The van der Waals surface area contributed by atoms with E-state index in [1.807, 2.05) is 0 Å². The minimum atomic E-state index is -5.09. The molecule has 0 aromatic rings. The molecule has 0 aliphatic carbocycles. The molecular weight excluding hydrogens is 303 g/mol. The Hall–Kier alpha value is -0.620. The van der Waals surface area contributed by atoms with E-state index in [9.17, 15) is 24.7 Å². The predicted octanol–water partition coefficient (Wildman–Crippen LogP) is -3.26. The molecule has 1 aliphatic heterocycles. The summed E-state index contributed by atoms with van der Waals surface area (Å²) in [5.41, 5.74) is 0. The summed E-state index contributed by atoms with van der Waals surface area (Å²) in [7, 11) is -5.09. The summed E-state index contributed by atoms with van der Waals surface area (Å²) < 4.78 is 19.6. The van der Waals surface area contributed by atoms with Gasteiger partial charge in [0.25, 0.3) is 5.79 Å². The summed E-state index contributed by atoms with van der Waals surface area (Å²) in [4.78, 5) is 28.2. The van der Waals surface area contributed by atoms with Gasteiger partial charge in [-0.15, -0.1) is 0 Å². The average Bonchev–Trinajstić information content (AvgIpc) is 2.30. The van der Waals surface area contributed by atoms with Crippen molar-refractivity contribution in [2.75, 3.05) is 6.61 Å². The van der Waals surface area contributed by atoms with E-state index in [0.717, 1.165) is 0 Å². The predicted molar refractivity (Wildman–Crippen MR) is 58.1 cm³/mol. The number of aliphatic carboxylic acids is 1. The van der Waals surface area contributed by atoms with Crippen LogP contribution in [0, 0.1) is 0 Å². The van der Waals surface area contributed by atoms with Crippen LogP contribution in [0.1, 0.15) is 6.42 Å². The fourth-order valence-corrected chi connectivity index (χ4v) is 2.36. The number of phosphoric ester groups is 1. The summed E-state index contributed by atoms with van der Waals surface area (Å²) in [6.45, 7) is -0.978. The summed E-state index contributed by atoms with van der Waals surface area (Å²) >= 11 is 0. The zero-order valence-corrected chi connectivity index (χ0v) is 10.8. The molecule has 5 atom stereocenters. The van der Waals surface area contributed by atoms with Gasteiger partial charge in [-0.3, -0.25) is 4.52 Å². The molecule has 0 bridgehead atoms. The van der Waals surface area contributed by atoms with E-state index in [-0.39, 0.29) is 0 Å². The number of phosphoric acid groups is 1. The zero-order valence-electron chi connectivity index (χ0n) is 9.93. The second-order valence-corrected chi connectivity index (χ2v) is 5.45. The van der Waals surface area contributed by atoms with Crippen LogP contribution in [-0.4, -0.2) is 78.1 Å². The van der Waals surface area contributed by atoms with Crippen molar-refractivity contribution in [3.8, 4) is 0 Å². The summed E-state index contributed by atoms with van der Waals surface area (Å²) in [5.74, 6) is -4.75. The van der Waals surface area contributed by atoms with Gasteiger partial charge in [-0.05, 0) is 0 Å². The van der Waals surface area contributed by atoms with Gasteiger partial charge in [-0.1, -0.05) is 0 Å². The number of hydrogen-bond donors (Lipinski definition) is 7. The van der Waals surface area contributed by atoms with Crippen molar-refractivity contribution in [3.05, 3.63) is 0 Å². The van der Waals surface area contributed by atoms with Crippen LogP contribution in [0.2, 0.25) is 0 Å². The molecule has 12 heteroatoms. The first-order valence-electron chi connectivity index (χ1n) is 5.34. The van der Waals surface area contributed by atoms with Crippen LogP contribution in [0.5, 0.6) is 0 Å². The Labute approximate surface area is 112 Å². The standard InChI is InChI=1S/C8H15O11P/c9-2-4(11)5-6(19-20(15,16)17)3(10)1-8(14,18-5)7(12)13/h3-6,9-11,14H,1-2H2,(H,12,13)(H2,15,16,17)/t3-,4-,5-,6-,8+/m1/s1. The number of aliphatic hydroxyl groups is 4. The Bertz CT molecular complexity index is 407. The van der Waals surface area contributed by atoms with Gasteiger partial charge < -0.3 is 40.1 Å². The van der Waals surface area contributed by atoms with Crippen LogP contribution < -0.4 is 0 Å². The zero-order chi connectivity index (χ0) is 15.7. The molecule has 1 rings (SSSR count). The highest BCUT2D eigenvalue weighted by Crippen LogP contribution is 2.43. The lowest BCUT2D eigenvalue weighted by Crippen LogP contribution is -2.62. The topological polar surface area (TPSA) is 194 Å². The number of rotatable bonds is 5. The molecule has 7 N–H and O–H groups in total. The van der Waals surface area contributed by atoms with E-state index < -0.39 is 57.0 Å². The molecule has 11 nitrogen and oxygen atoms in total. The van der Waals surface area contributed by atoms with Crippen LogP contribution >= 0.6 is 7.82 Å². The quantitative estimate of drug-likeness (QED) is 0.251. The lowest BCUT2D eigenvalue weighted by molar-refractivity contribution is -0.306. The van der Waals surface area contributed by atoms with Crippen molar-refractivity contribution in [2.45, 2.75) is 36.6 Å². The van der Waals surface area contributed by atoms with Gasteiger partial charge in [0.15, 0.2) is 0 Å². The van der Waals surface area contributed by atoms with E-state index in [1.54, 1.807) is 0 Å². The molecule has 0 amide bonds. The SMILES string of the molecule is O=C(O)[C@]1(O)C[C@@H](O)[C@@H](OP(=O)(O)O)[C@@H]([C@H](O)CO)O1. The first kappa shape index (κ1) is 17.4. The smallest absolute Gasteiger partial charge is 0.470 e. The van der Waals surface area contributed by atoms with Gasteiger partial charge in [0.2, 0.25) is 0 Å². The van der Waals surface area contributed by atoms with Gasteiger partial charge in [0.1, 0.15) is 18.3 Å². The molecular formula is C8H15O11P. The molecule has 1 heterocycles. The van der Waals surface area contributed by atoms with Crippen LogP contribution in [-0.2, 0) is 18.6 Å². The van der Waals surface area contributed by atoms with Crippen LogP contribution in [0.4, 0.5) is 0 Å². The average molecular weight is 318 g/mol. The third kappa shape index (κ3) is 3.95. The largest absolute Gasteiger partial charge is 0.477 e. The molecule has 20 heavy (non-hydrogen) atoms. The van der Waals surface area contributed by atoms with Gasteiger partial charge in [0, 0.05) is 6.42 Å². The maximum atomic E-state index is 10.8. The number of ether oxygens (including phenoxy) is 1. The highest BCUT2D eigenvalue weighted by Gasteiger charge is 2.54. The Kier molecular flexibility index (Phi) is 5.24. The minimum absolute atomic E-state index is 0.943. The maximum Gasteiger partial charge on any atom is 0.470 e. The highest BCUT2D eigenvalue weighted by atomic mass is 31.2. The third-order valence-electron chi connectivity index (χ3n) is 2.68. The number of carboxylic acids is 1. The number of hydrogen-bond acceptors (Lipinski definition) is 8. The van der Waals surface area contributed by atoms with Crippen LogP contribution in [0.25, 0.3) is 0 Å². The molecule has 1 saturated heterocycles. The van der Waals surface area contributed by atoms with Crippen molar-refractivity contribution in [1.29, 1.82) is 0 Å². The van der Waals surface area contributed by atoms with E-state index in [2.05, 4.69) is 9.26 Å². The first-order valence-corrected chi connectivity index (χ1v) is 6.87. The van der Waals surface area contributed by atoms with E-state index >= 15 is 0 Å². The maximum absolute atomic E-state index is 10.8. The molecule has 118 valence electrons. The Balaban J connectivity index is 3.05. The second-order valence-electron chi connectivity index (χ2n) is 4.25. The van der Waals surface area contributed by atoms with Gasteiger partial charge >= 0.3 is 13.8 Å². The van der Waals surface area contributed by atoms with Crippen LogP contribution in [0.15, 0.2) is 0 Å². The molecule has 1 aliphatic rings. The summed E-state index contributed by atoms with van der Waals surface area (Å²) in [5, 5.41) is 46.3. The lowest BCUT2D eigenvalue weighted by atomic mass is 9.93. The molecule has 0 aromatic carbocycles. The van der Waals surface area contributed by atoms with Crippen molar-refractivity contribution in [3.63, 3.8) is 0 Å².